The summed E-state index contributed by atoms with van der Waals surface area (Å²) in [6.45, 7) is 0.400. The Kier molecular flexibility index (Phi) is 6.47. The van der Waals surface area contributed by atoms with E-state index in [-0.39, 0.29) is 10.8 Å². The van der Waals surface area contributed by atoms with E-state index < -0.39 is 10.0 Å². The summed E-state index contributed by atoms with van der Waals surface area (Å²) in [4.78, 5) is 14.4. The fraction of sp³-hybridized carbons (Fsp3) is 0.0952. The molecule has 0 aromatic heterocycles. The number of sulfonamides is 1. The van der Waals surface area contributed by atoms with Crippen molar-refractivity contribution >= 4 is 44.8 Å². The van der Waals surface area contributed by atoms with Crippen LogP contribution in [0.25, 0.3) is 0 Å². The molecule has 150 valence electrons. The van der Waals surface area contributed by atoms with E-state index in [1.54, 1.807) is 42.3 Å². The van der Waals surface area contributed by atoms with Gasteiger partial charge < -0.3 is 4.90 Å². The van der Waals surface area contributed by atoms with E-state index in [9.17, 15) is 13.2 Å². The van der Waals surface area contributed by atoms with Crippen LogP contribution >= 0.6 is 23.2 Å². The number of amides is 1. The monoisotopic (exact) mass is 448 g/mol. The highest BCUT2D eigenvalue weighted by Crippen LogP contribution is 2.20. The maximum absolute atomic E-state index is 12.7. The molecule has 0 fully saturated rings. The number of rotatable bonds is 6. The first-order valence-corrected chi connectivity index (χ1v) is 10.9. The number of carbonyl (C=O) groups excluding carboxylic acids is 1. The zero-order valence-electron chi connectivity index (χ0n) is 15.5. The molecule has 0 saturated carbocycles. The third-order valence-corrected chi connectivity index (χ3v) is 6.07. The molecule has 0 aliphatic heterocycles. The van der Waals surface area contributed by atoms with Gasteiger partial charge in [0, 0.05) is 34.9 Å². The van der Waals surface area contributed by atoms with Crippen molar-refractivity contribution in [2.24, 2.45) is 0 Å². The number of halogens is 2. The summed E-state index contributed by atoms with van der Waals surface area (Å²) in [5.41, 5.74) is 1.60. The van der Waals surface area contributed by atoms with Crippen LogP contribution in [0.5, 0.6) is 0 Å². The molecule has 3 aromatic carbocycles. The fourth-order valence-corrected chi connectivity index (χ4v) is 4.00. The molecule has 0 atom stereocenters. The van der Waals surface area contributed by atoms with Gasteiger partial charge in [0.1, 0.15) is 0 Å². The molecular weight excluding hydrogens is 431 g/mol. The van der Waals surface area contributed by atoms with Gasteiger partial charge >= 0.3 is 0 Å². The molecule has 3 aromatic rings. The maximum atomic E-state index is 12.7. The number of benzene rings is 3. The van der Waals surface area contributed by atoms with Crippen LogP contribution in [0, 0.1) is 0 Å². The van der Waals surface area contributed by atoms with Gasteiger partial charge in [0.15, 0.2) is 0 Å². The van der Waals surface area contributed by atoms with Crippen LogP contribution in [0.15, 0.2) is 77.7 Å². The number of nitrogens with zero attached hydrogens (tertiary/aromatic N) is 1. The highest BCUT2D eigenvalue weighted by Gasteiger charge is 2.16. The van der Waals surface area contributed by atoms with E-state index in [1.807, 2.05) is 12.1 Å². The highest BCUT2D eigenvalue weighted by atomic mass is 35.5. The second-order valence-electron chi connectivity index (χ2n) is 6.43. The number of hydrogen-bond acceptors (Lipinski definition) is 3. The Bertz CT molecular complexity index is 1120. The molecule has 0 aliphatic rings. The van der Waals surface area contributed by atoms with Crippen LogP contribution in [0.2, 0.25) is 10.0 Å². The predicted molar refractivity (Wildman–Crippen MR) is 116 cm³/mol. The predicted octanol–water partition coefficient (Wildman–Crippen LogP) is 5.07. The summed E-state index contributed by atoms with van der Waals surface area (Å²) >= 11 is 11.7. The average molecular weight is 449 g/mol. The van der Waals surface area contributed by atoms with Crippen LogP contribution in [0.3, 0.4) is 0 Å². The van der Waals surface area contributed by atoms with Crippen molar-refractivity contribution in [1.82, 2.24) is 4.90 Å². The summed E-state index contributed by atoms with van der Waals surface area (Å²) in [5.74, 6) is -0.229. The van der Waals surface area contributed by atoms with Crippen molar-refractivity contribution in [3.05, 3.63) is 94.0 Å². The third kappa shape index (κ3) is 5.50. The lowest BCUT2D eigenvalue weighted by Crippen LogP contribution is -2.26. The van der Waals surface area contributed by atoms with Crippen LogP contribution in [0.1, 0.15) is 15.9 Å². The van der Waals surface area contributed by atoms with Crippen molar-refractivity contribution in [2.45, 2.75) is 11.4 Å². The lowest BCUT2D eigenvalue weighted by atomic mass is 10.1. The second kappa shape index (κ2) is 8.86. The molecule has 0 radical (unpaired) electrons. The van der Waals surface area contributed by atoms with Crippen molar-refractivity contribution in [2.75, 3.05) is 11.8 Å². The van der Waals surface area contributed by atoms with Gasteiger partial charge in [-0.25, -0.2) is 8.42 Å². The first-order chi connectivity index (χ1) is 13.7. The summed E-state index contributed by atoms with van der Waals surface area (Å²) in [7, 11) is -2.11. The number of nitrogens with one attached hydrogen (secondary N) is 1. The van der Waals surface area contributed by atoms with E-state index in [2.05, 4.69) is 4.72 Å². The van der Waals surface area contributed by atoms with Crippen molar-refractivity contribution < 1.29 is 13.2 Å². The van der Waals surface area contributed by atoms with Crippen LogP contribution in [0.4, 0.5) is 5.69 Å². The minimum absolute atomic E-state index is 0.0819. The van der Waals surface area contributed by atoms with Crippen molar-refractivity contribution in [3.63, 3.8) is 0 Å². The second-order valence-corrected chi connectivity index (χ2v) is 8.98. The van der Waals surface area contributed by atoms with Gasteiger partial charge in [-0.1, -0.05) is 41.4 Å². The number of hydrogen-bond donors (Lipinski definition) is 1. The smallest absolute Gasteiger partial charge is 0.261 e. The summed E-state index contributed by atoms with van der Waals surface area (Å²) < 4.78 is 27.6. The summed E-state index contributed by atoms with van der Waals surface area (Å²) in [6.07, 6.45) is 0. The normalized spacial score (nSPS) is 11.1. The molecule has 0 bridgehead atoms. The molecule has 1 N–H and O–H groups in total. The number of anilines is 1. The summed E-state index contributed by atoms with van der Waals surface area (Å²) in [5, 5.41) is 1.07. The van der Waals surface area contributed by atoms with Gasteiger partial charge in [-0.15, -0.1) is 0 Å². The minimum Gasteiger partial charge on any atom is -0.337 e. The van der Waals surface area contributed by atoms with Gasteiger partial charge in [-0.3, -0.25) is 9.52 Å². The molecule has 0 unspecified atom stereocenters. The quantitative estimate of drug-likeness (QED) is 0.572. The van der Waals surface area contributed by atoms with E-state index in [0.717, 1.165) is 5.56 Å². The fourth-order valence-electron chi connectivity index (χ4n) is 2.70. The van der Waals surface area contributed by atoms with Crippen molar-refractivity contribution in [1.29, 1.82) is 0 Å². The van der Waals surface area contributed by atoms with Crippen LogP contribution in [-0.2, 0) is 16.6 Å². The molecule has 8 heteroatoms. The molecule has 0 aliphatic carbocycles. The Hall–Kier alpha value is -2.54. The zero-order valence-corrected chi connectivity index (χ0v) is 17.8. The van der Waals surface area contributed by atoms with Gasteiger partial charge in [0.25, 0.3) is 15.9 Å². The van der Waals surface area contributed by atoms with Crippen molar-refractivity contribution in [3.8, 4) is 0 Å². The zero-order chi connectivity index (χ0) is 21.0. The van der Waals surface area contributed by atoms with Crippen LogP contribution < -0.4 is 4.72 Å². The molecule has 0 heterocycles. The first-order valence-electron chi connectivity index (χ1n) is 8.63. The first kappa shape index (κ1) is 21.2. The Morgan fingerprint density at radius 1 is 0.931 bits per heavy atom. The highest BCUT2D eigenvalue weighted by molar-refractivity contribution is 7.92. The van der Waals surface area contributed by atoms with Gasteiger partial charge in [-0.2, -0.15) is 0 Å². The molecule has 3 rings (SSSR count). The van der Waals surface area contributed by atoms with E-state index in [4.69, 9.17) is 23.2 Å². The Labute approximate surface area is 179 Å². The SMILES string of the molecule is CN(Cc1ccc(Cl)cc1)C(=O)c1cccc(NS(=O)(=O)c2ccc(Cl)cc2)c1. The standard InChI is InChI=1S/C21H18Cl2N2O3S/c1-25(14-15-5-7-17(22)8-6-15)21(26)16-3-2-4-19(13-16)24-29(27,28)20-11-9-18(23)10-12-20/h2-13,24H,14H2,1H3. The van der Waals surface area contributed by atoms with E-state index >= 15 is 0 Å². The van der Waals surface area contributed by atoms with E-state index in [0.29, 0.717) is 27.8 Å². The Morgan fingerprint density at radius 2 is 1.52 bits per heavy atom. The Morgan fingerprint density at radius 3 is 2.14 bits per heavy atom. The lowest BCUT2D eigenvalue weighted by Gasteiger charge is -2.18. The molecular formula is C21H18Cl2N2O3S. The number of carbonyl (C=O) groups is 1. The molecule has 0 spiro atoms. The minimum atomic E-state index is -3.79. The molecule has 29 heavy (non-hydrogen) atoms. The lowest BCUT2D eigenvalue weighted by molar-refractivity contribution is 0.0785. The van der Waals surface area contributed by atoms with Gasteiger partial charge in [0.05, 0.1) is 4.90 Å². The third-order valence-electron chi connectivity index (χ3n) is 4.17. The maximum Gasteiger partial charge on any atom is 0.261 e. The molecule has 5 nitrogen and oxygen atoms in total. The molecule has 1 amide bonds. The average Bonchev–Trinajstić information content (AvgIpc) is 2.69. The van der Waals surface area contributed by atoms with Gasteiger partial charge in [0.2, 0.25) is 0 Å². The van der Waals surface area contributed by atoms with E-state index in [1.165, 1.54) is 30.3 Å². The topological polar surface area (TPSA) is 66.5 Å². The largest absolute Gasteiger partial charge is 0.337 e. The van der Waals surface area contributed by atoms with Crippen LogP contribution in [-0.4, -0.2) is 26.3 Å². The van der Waals surface area contributed by atoms with Gasteiger partial charge in [-0.05, 0) is 60.2 Å². The summed E-state index contributed by atoms with van der Waals surface area (Å²) in [6, 6.07) is 19.4. The molecule has 0 saturated heterocycles. The Balaban J connectivity index is 1.75.